The Morgan fingerprint density at radius 3 is 2.73 bits per heavy atom. The molecule has 0 saturated heterocycles. The molecule has 0 fully saturated rings. The normalized spacial score (nSPS) is 11.3. The number of carbonyl (C=O) groups is 1. The van der Waals surface area contributed by atoms with E-state index in [0.717, 1.165) is 5.56 Å². The van der Waals surface area contributed by atoms with Gasteiger partial charge in [-0.25, -0.2) is 9.79 Å². The molecular formula is C11H11NO2S. The van der Waals surface area contributed by atoms with Crippen molar-refractivity contribution in [3.8, 4) is 0 Å². The van der Waals surface area contributed by atoms with Crippen LogP contribution in [0.5, 0.6) is 0 Å². The lowest BCUT2D eigenvalue weighted by atomic mass is 10.1. The first-order valence-corrected chi connectivity index (χ1v) is 4.99. The number of isothiocyanates is 1. The maximum atomic E-state index is 11.5. The molecule has 15 heavy (non-hydrogen) atoms. The van der Waals surface area contributed by atoms with E-state index in [1.807, 2.05) is 18.2 Å². The van der Waals surface area contributed by atoms with Crippen molar-refractivity contribution in [2.24, 2.45) is 4.99 Å². The number of nitrogens with zero attached hydrogens (tertiary/aromatic N) is 1. The van der Waals surface area contributed by atoms with Gasteiger partial charge in [0, 0.05) is 0 Å². The summed E-state index contributed by atoms with van der Waals surface area (Å²) in [4.78, 5) is 15.3. The Hall–Kier alpha value is -1.51. The zero-order chi connectivity index (χ0) is 11.1. The molecule has 4 heteroatoms. The van der Waals surface area contributed by atoms with E-state index in [9.17, 15) is 4.79 Å². The molecule has 0 unspecified atom stereocenters. The number of thiocarbonyl (C=S) groups is 1. The van der Waals surface area contributed by atoms with Gasteiger partial charge < -0.3 is 4.74 Å². The van der Waals surface area contributed by atoms with E-state index in [0.29, 0.717) is 6.61 Å². The SMILES string of the molecule is CCOC(=O)[C@H](N=C=S)c1ccccc1. The Morgan fingerprint density at radius 2 is 2.20 bits per heavy atom. The third-order valence-corrected chi connectivity index (χ3v) is 1.91. The largest absolute Gasteiger partial charge is 0.464 e. The molecule has 0 aliphatic heterocycles. The van der Waals surface area contributed by atoms with Crippen LogP contribution < -0.4 is 0 Å². The van der Waals surface area contributed by atoms with Gasteiger partial charge in [0.15, 0.2) is 6.04 Å². The lowest BCUT2D eigenvalue weighted by Crippen LogP contribution is -2.13. The van der Waals surface area contributed by atoms with E-state index in [2.05, 4.69) is 22.4 Å². The van der Waals surface area contributed by atoms with Crippen LogP contribution in [0, 0.1) is 0 Å². The monoisotopic (exact) mass is 221 g/mol. The quantitative estimate of drug-likeness (QED) is 0.445. The van der Waals surface area contributed by atoms with Crippen molar-refractivity contribution in [1.82, 2.24) is 0 Å². The van der Waals surface area contributed by atoms with E-state index in [-0.39, 0.29) is 0 Å². The minimum Gasteiger partial charge on any atom is -0.464 e. The molecule has 0 N–H and O–H groups in total. The fourth-order valence-electron chi connectivity index (χ4n) is 1.17. The van der Waals surface area contributed by atoms with Crippen molar-refractivity contribution in [2.45, 2.75) is 13.0 Å². The van der Waals surface area contributed by atoms with E-state index < -0.39 is 12.0 Å². The van der Waals surface area contributed by atoms with Crippen LogP contribution in [0.15, 0.2) is 35.3 Å². The lowest BCUT2D eigenvalue weighted by Gasteiger charge is -2.09. The summed E-state index contributed by atoms with van der Waals surface area (Å²) in [5.74, 6) is -0.402. The highest BCUT2D eigenvalue weighted by Crippen LogP contribution is 2.18. The zero-order valence-electron chi connectivity index (χ0n) is 8.34. The summed E-state index contributed by atoms with van der Waals surface area (Å²) in [6.45, 7) is 2.08. The number of rotatable bonds is 4. The lowest BCUT2D eigenvalue weighted by molar-refractivity contribution is -0.144. The van der Waals surface area contributed by atoms with Gasteiger partial charge in [0.2, 0.25) is 0 Å². The molecule has 1 atom stereocenters. The van der Waals surface area contributed by atoms with Crippen LogP contribution >= 0.6 is 12.2 Å². The molecule has 0 aromatic heterocycles. The van der Waals surface area contributed by atoms with Crippen LogP contribution in [-0.4, -0.2) is 17.7 Å². The summed E-state index contributed by atoms with van der Waals surface area (Å²) >= 11 is 4.51. The second kappa shape index (κ2) is 6.06. The Balaban J connectivity index is 2.93. The first-order chi connectivity index (χ1) is 7.29. The summed E-state index contributed by atoms with van der Waals surface area (Å²) < 4.78 is 4.89. The van der Waals surface area contributed by atoms with Gasteiger partial charge in [-0.05, 0) is 24.7 Å². The van der Waals surface area contributed by atoms with Crippen LogP contribution in [0.1, 0.15) is 18.5 Å². The number of hydrogen-bond acceptors (Lipinski definition) is 4. The van der Waals surface area contributed by atoms with Crippen LogP contribution in [-0.2, 0) is 9.53 Å². The predicted octanol–water partition coefficient (Wildman–Crippen LogP) is 2.39. The van der Waals surface area contributed by atoms with Crippen molar-refractivity contribution in [2.75, 3.05) is 6.61 Å². The second-order valence-electron chi connectivity index (χ2n) is 2.79. The molecule has 0 radical (unpaired) electrons. The van der Waals surface area contributed by atoms with Crippen molar-refractivity contribution in [3.05, 3.63) is 35.9 Å². The molecule has 0 amide bonds. The summed E-state index contributed by atoms with van der Waals surface area (Å²) in [6.07, 6.45) is 0. The molecule has 0 bridgehead atoms. The minimum atomic E-state index is -0.691. The predicted molar refractivity (Wildman–Crippen MR) is 60.8 cm³/mol. The smallest absolute Gasteiger partial charge is 0.336 e. The minimum absolute atomic E-state index is 0.328. The Kier molecular flexibility index (Phi) is 4.68. The Bertz CT molecular complexity index is 371. The highest BCUT2D eigenvalue weighted by molar-refractivity contribution is 7.78. The summed E-state index contributed by atoms with van der Waals surface area (Å²) in [5.41, 5.74) is 0.758. The molecule has 78 valence electrons. The number of esters is 1. The van der Waals surface area contributed by atoms with Crippen LogP contribution in [0.3, 0.4) is 0 Å². The molecule has 0 spiro atoms. The Morgan fingerprint density at radius 1 is 1.53 bits per heavy atom. The summed E-state index contributed by atoms with van der Waals surface area (Å²) in [6, 6.07) is 8.45. The van der Waals surface area contributed by atoms with Gasteiger partial charge in [-0.1, -0.05) is 30.3 Å². The topological polar surface area (TPSA) is 38.7 Å². The Labute approximate surface area is 93.8 Å². The summed E-state index contributed by atoms with van der Waals surface area (Å²) in [7, 11) is 0. The maximum absolute atomic E-state index is 11.5. The van der Waals surface area contributed by atoms with E-state index in [1.165, 1.54) is 0 Å². The maximum Gasteiger partial charge on any atom is 0.336 e. The van der Waals surface area contributed by atoms with Gasteiger partial charge in [-0.3, -0.25) is 0 Å². The van der Waals surface area contributed by atoms with Crippen molar-refractivity contribution in [1.29, 1.82) is 0 Å². The van der Waals surface area contributed by atoms with Crippen molar-refractivity contribution >= 4 is 23.3 Å². The third-order valence-electron chi connectivity index (χ3n) is 1.81. The molecule has 1 aromatic carbocycles. The van der Waals surface area contributed by atoms with Gasteiger partial charge in [0.25, 0.3) is 0 Å². The molecule has 1 aromatic rings. The van der Waals surface area contributed by atoms with Crippen LogP contribution in [0.2, 0.25) is 0 Å². The summed E-state index contributed by atoms with van der Waals surface area (Å²) in [5, 5.41) is 2.21. The number of benzene rings is 1. The molecule has 0 heterocycles. The van der Waals surface area contributed by atoms with E-state index in [4.69, 9.17) is 4.74 Å². The number of aliphatic imine (C=N–C) groups is 1. The second-order valence-corrected chi connectivity index (χ2v) is 2.97. The number of ether oxygens (including phenoxy) is 1. The molecule has 1 rings (SSSR count). The average Bonchev–Trinajstić information content (AvgIpc) is 2.27. The molecule has 3 nitrogen and oxygen atoms in total. The fraction of sp³-hybridized carbons (Fsp3) is 0.273. The van der Waals surface area contributed by atoms with E-state index in [1.54, 1.807) is 19.1 Å². The first kappa shape index (κ1) is 11.6. The van der Waals surface area contributed by atoms with Gasteiger partial charge in [-0.15, -0.1) is 0 Å². The number of hydrogen-bond donors (Lipinski definition) is 0. The van der Waals surface area contributed by atoms with Crippen LogP contribution in [0.25, 0.3) is 0 Å². The van der Waals surface area contributed by atoms with Gasteiger partial charge in [0.05, 0.1) is 11.8 Å². The molecule has 0 aliphatic carbocycles. The highest BCUT2D eigenvalue weighted by Gasteiger charge is 2.20. The standard InChI is InChI=1S/C11H11NO2S/c1-2-14-11(13)10(12-8-15)9-6-4-3-5-7-9/h3-7,10H,2H2,1H3/t10-/m1/s1. The molecular weight excluding hydrogens is 210 g/mol. The van der Waals surface area contributed by atoms with Crippen molar-refractivity contribution in [3.63, 3.8) is 0 Å². The van der Waals surface area contributed by atoms with Crippen LogP contribution in [0.4, 0.5) is 0 Å². The van der Waals surface area contributed by atoms with Crippen molar-refractivity contribution < 1.29 is 9.53 Å². The van der Waals surface area contributed by atoms with Gasteiger partial charge >= 0.3 is 5.97 Å². The average molecular weight is 221 g/mol. The fourth-order valence-corrected chi connectivity index (χ4v) is 1.28. The number of carbonyl (C=O) groups excluding carboxylic acids is 1. The van der Waals surface area contributed by atoms with E-state index >= 15 is 0 Å². The van der Waals surface area contributed by atoms with Gasteiger partial charge in [0.1, 0.15) is 0 Å². The van der Waals surface area contributed by atoms with Gasteiger partial charge in [-0.2, -0.15) is 0 Å². The zero-order valence-corrected chi connectivity index (χ0v) is 9.16. The third kappa shape index (κ3) is 3.27. The highest BCUT2D eigenvalue weighted by atomic mass is 32.1. The molecule has 0 saturated carbocycles. The first-order valence-electron chi connectivity index (χ1n) is 4.58. The molecule has 0 aliphatic rings.